The molecule has 6 rings (SSSR count). The first kappa shape index (κ1) is 21.6. The molecule has 1 heterocycles. The van der Waals surface area contributed by atoms with E-state index in [0.29, 0.717) is 35.8 Å². The summed E-state index contributed by atoms with van der Waals surface area (Å²) < 4.78 is 12.9. The van der Waals surface area contributed by atoms with E-state index in [2.05, 4.69) is 13.8 Å². The second-order valence-electron chi connectivity index (χ2n) is 12.4. The molecule has 174 valence electrons. The van der Waals surface area contributed by atoms with Crippen LogP contribution < -0.4 is 0 Å². The maximum atomic E-state index is 13.5. The smallest absolute Gasteiger partial charge is 0.403 e. The van der Waals surface area contributed by atoms with E-state index >= 15 is 0 Å². The zero-order chi connectivity index (χ0) is 22.1. The van der Waals surface area contributed by atoms with Gasteiger partial charge in [-0.3, -0.25) is 9.59 Å². The zero-order valence-electron chi connectivity index (χ0n) is 20.0. The molecular weight excluding hydrogens is 399 g/mol. The van der Waals surface area contributed by atoms with Gasteiger partial charge in [-0.05, 0) is 80.0 Å². The van der Waals surface area contributed by atoms with Crippen molar-refractivity contribution in [3.8, 4) is 0 Å². The van der Waals surface area contributed by atoms with Crippen molar-refractivity contribution in [1.29, 1.82) is 0 Å². The van der Waals surface area contributed by atoms with Gasteiger partial charge in [0.15, 0.2) is 11.6 Å². The molecule has 0 radical (unpaired) electrons. The van der Waals surface area contributed by atoms with Crippen molar-refractivity contribution in [3.05, 3.63) is 11.6 Å². The standard InChI is InChI=1S/C27H39BO4/c1-25-13-10-20(29)16-18(25)8-9-21-22(25)11-14-26(2)23(21)12-15-27(26)24(30)17-31-28(32-27)19-6-4-3-5-7-19/h16,19,21-23H,3-15,17H2,1-2H3/t21-,22+,23+,25+,26+,27+/m1/s1. The topological polar surface area (TPSA) is 52.6 Å². The van der Waals surface area contributed by atoms with Gasteiger partial charge >= 0.3 is 7.12 Å². The number of rotatable bonds is 1. The monoisotopic (exact) mass is 438 g/mol. The van der Waals surface area contributed by atoms with Gasteiger partial charge in [-0.15, -0.1) is 0 Å². The summed E-state index contributed by atoms with van der Waals surface area (Å²) in [5.74, 6) is 2.83. The molecule has 4 nitrogen and oxygen atoms in total. The summed E-state index contributed by atoms with van der Waals surface area (Å²) in [5, 5.41) is 0. The third-order valence-corrected chi connectivity index (χ3v) is 11.3. The fourth-order valence-electron chi connectivity index (χ4n) is 9.42. The SMILES string of the molecule is C[C@]12CCC(=O)C=C1CC[C@@H]1[C@@H]2CC[C@@]2(C)[C@H]1CC[C@@]21OB(C2CCCCC2)OCC1=O. The van der Waals surface area contributed by atoms with Crippen LogP contribution in [-0.2, 0) is 18.9 Å². The van der Waals surface area contributed by atoms with Gasteiger partial charge in [0.1, 0.15) is 5.60 Å². The fourth-order valence-corrected chi connectivity index (χ4v) is 9.42. The summed E-state index contributed by atoms with van der Waals surface area (Å²) >= 11 is 0. The average Bonchev–Trinajstić information content (AvgIpc) is 3.09. The predicted octanol–water partition coefficient (Wildman–Crippen LogP) is 5.70. The van der Waals surface area contributed by atoms with Crippen LogP contribution in [0.2, 0.25) is 5.82 Å². The second-order valence-corrected chi connectivity index (χ2v) is 12.4. The summed E-state index contributed by atoms with van der Waals surface area (Å²) in [7, 11) is -0.191. The minimum absolute atomic E-state index is 0.0794. The lowest BCUT2D eigenvalue weighted by molar-refractivity contribution is -0.170. The van der Waals surface area contributed by atoms with Gasteiger partial charge in [0.05, 0.1) is 6.61 Å². The highest BCUT2D eigenvalue weighted by Gasteiger charge is 2.69. The summed E-state index contributed by atoms with van der Waals surface area (Å²) in [6, 6.07) is 0. The quantitative estimate of drug-likeness (QED) is 0.493. The van der Waals surface area contributed by atoms with E-state index < -0.39 is 5.60 Å². The molecule has 5 heteroatoms. The van der Waals surface area contributed by atoms with Crippen molar-refractivity contribution in [3.63, 3.8) is 0 Å². The molecule has 1 saturated heterocycles. The van der Waals surface area contributed by atoms with E-state index in [9.17, 15) is 9.59 Å². The lowest BCUT2D eigenvalue weighted by Crippen LogP contribution is -2.64. The van der Waals surface area contributed by atoms with Crippen LogP contribution in [0.5, 0.6) is 0 Å². The highest BCUT2D eigenvalue weighted by molar-refractivity contribution is 6.48. The minimum atomic E-state index is -0.636. The summed E-state index contributed by atoms with van der Waals surface area (Å²) in [4.78, 5) is 25.6. The molecule has 6 aliphatic rings. The van der Waals surface area contributed by atoms with Crippen LogP contribution in [0, 0.1) is 28.6 Å². The molecule has 5 fully saturated rings. The Morgan fingerprint density at radius 1 is 0.906 bits per heavy atom. The average molecular weight is 438 g/mol. The van der Waals surface area contributed by atoms with Crippen molar-refractivity contribution in [2.45, 2.75) is 109 Å². The largest absolute Gasteiger partial charge is 0.461 e. The van der Waals surface area contributed by atoms with E-state index in [-0.39, 0.29) is 30.3 Å². The van der Waals surface area contributed by atoms with Gasteiger partial charge in [-0.1, -0.05) is 51.5 Å². The molecule has 6 atom stereocenters. The van der Waals surface area contributed by atoms with E-state index in [0.717, 1.165) is 38.5 Å². The fraction of sp³-hybridized carbons (Fsp3) is 0.852. The molecule has 0 bridgehead atoms. The maximum absolute atomic E-state index is 13.5. The number of hydrogen-bond donors (Lipinski definition) is 0. The van der Waals surface area contributed by atoms with Gasteiger partial charge in [0.2, 0.25) is 0 Å². The first-order chi connectivity index (χ1) is 15.4. The van der Waals surface area contributed by atoms with Crippen molar-refractivity contribution >= 4 is 18.7 Å². The normalized spacial score (nSPS) is 47.1. The molecule has 5 aliphatic carbocycles. The molecule has 1 spiro atoms. The number of allylic oxidation sites excluding steroid dienone is 1. The Labute approximate surface area is 193 Å². The Bertz CT molecular complexity index is 847. The lowest BCUT2D eigenvalue weighted by Gasteiger charge is -2.60. The van der Waals surface area contributed by atoms with Crippen LogP contribution in [0.4, 0.5) is 0 Å². The summed E-state index contributed by atoms with van der Waals surface area (Å²) in [6.45, 7) is 5.06. The molecule has 0 aromatic heterocycles. The predicted molar refractivity (Wildman–Crippen MR) is 124 cm³/mol. The van der Waals surface area contributed by atoms with Gasteiger partial charge in [0.25, 0.3) is 0 Å². The number of fused-ring (bicyclic) bond motifs is 6. The van der Waals surface area contributed by atoms with Crippen LogP contribution in [-0.4, -0.2) is 30.9 Å². The van der Waals surface area contributed by atoms with Crippen LogP contribution in [0.15, 0.2) is 11.6 Å². The van der Waals surface area contributed by atoms with Crippen LogP contribution in [0.3, 0.4) is 0 Å². The molecule has 0 unspecified atom stereocenters. The zero-order valence-corrected chi connectivity index (χ0v) is 20.0. The van der Waals surface area contributed by atoms with Crippen LogP contribution in [0.25, 0.3) is 0 Å². The Balaban J connectivity index is 1.29. The summed E-state index contributed by atoms with van der Waals surface area (Å²) in [6.07, 6.45) is 16.3. The van der Waals surface area contributed by atoms with E-state index in [1.165, 1.54) is 44.1 Å². The van der Waals surface area contributed by atoms with E-state index in [1.807, 2.05) is 6.08 Å². The summed E-state index contributed by atoms with van der Waals surface area (Å²) in [5.41, 5.74) is 0.883. The minimum Gasteiger partial charge on any atom is -0.403 e. The lowest BCUT2D eigenvalue weighted by atomic mass is 9.46. The first-order valence-corrected chi connectivity index (χ1v) is 13.4. The van der Waals surface area contributed by atoms with Crippen LogP contribution >= 0.6 is 0 Å². The molecular formula is C27H39BO4. The van der Waals surface area contributed by atoms with Gasteiger partial charge in [-0.2, -0.15) is 0 Å². The van der Waals surface area contributed by atoms with E-state index in [1.54, 1.807) is 0 Å². The van der Waals surface area contributed by atoms with Crippen molar-refractivity contribution in [1.82, 2.24) is 0 Å². The number of ketones is 2. The molecule has 0 N–H and O–H groups in total. The number of Topliss-reactive ketones (excluding diaryl/α,β-unsaturated/α-hetero) is 1. The highest BCUT2D eigenvalue weighted by atomic mass is 16.6. The van der Waals surface area contributed by atoms with Crippen molar-refractivity contribution in [2.75, 3.05) is 6.61 Å². The molecule has 0 amide bonds. The molecule has 4 saturated carbocycles. The number of carbonyl (C=O) groups excluding carboxylic acids is 2. The Morgan fingerprint density at radius 2 is 1.69 bits per heavy atom. The molecule has 32 heavy (non-hydrogen) atoms. The number of carbonyl (C=O) groups is 2. The van der Waals surface area contributed by atoms with Gasteiger partial charge in [-0.25, -0.2) is 0 Å². The van der Waals surface area contributed by atoms with E-state index in [4.69, 9.17) is 9.31 Å². The number of hydrogen-bond acceptors (Lipinski definition) is 4. The van der Waals surface area contributed by atoms with Gasteiger partial charge in [0, 0.05) is 11.8 Å². The first-order valence-electron chi connectivity index (χ1n) is 13.4. The Kier molecular flexibility index (Phi) is 5.08. The second kappa shape index (κ2) is 7.53. The third-order valence-electron chi connectivity index (χ3n) is 11.3. The highest BCUT2D eigenvalue weighted by Crippen LogP contribution is 2.69. The maximum Gasteiger partial charge on any atom is 0.461 e. The molecule has 0 aromatic rings. The van der Waals surface area contributed by atoms with Crippen LogP contribution in [0.1, 0.15) is 97.3 Å². The Hall–Kier alpha value is -0.935. The third kappa shape index (κ3) is 2.89. The molecule has 0 aromatic carbocycles. The molecule has 1 aliphatic heterocycles. The van der Waals surface area contributed by atoms with Gasteiger partial charge < -0.3 is 9.31 Å². The van der Waals surface area contributed by atoms with Crippen molar-refractivity contribution in [2.24, 2.45) is 28.6 Å². The Morgan fingerprint density at radius 3 is 2.50 bits per heavy atom. The van der Waals surface area contributed by atoms with Crippen molar-refractivity contribution < 1.29 is 18.9 Å².